The van der Waals surface area contributed by atoms with E-state index in [1.54, 1.807) is 6.33 Å². The Labute approximate surface area is 92.3 Å². The predicted molar refractivity (Wildman–Crippen MR) is 59.9 cm³/mol. The second-order valence-electron chi connectivity index (χ2n) is 3.37. The van der Waals surface area contributed by atoms with Crippen LogP contribution in [0.3, 0.4) is 0 Å². The number of rotatable bonds is 3. The standard InChI is InChI=1S/C9H13N5S/c1-6-8(7(2)14(3)13-6)4-10-9-11-5-12-15-9/h5H,4H2,1-3H3,(H,10,11,12). The summed E-state index contributed by atoms with van der Waals surface area (Å²) >= 11 is 1.36. The normalized spacial score (nSPS) is 10.6. The monoisotopic (exact) mass is 223 g/mol. The third-order valence-electron chi connectivity index (χ3n) is 2.44. The van der Waals surface area contributed by atoms with Gasteiger partial charge in [-0.1, -0.05) is 0 Å². The maximum absolute atomic E-state index is 4.35. The molecule has 0 unspecified atom stereocenters. The van der Waals surface area contributed by atoms with Crippen molar-refractivity contribution in [1.29, 1.82) is 0 Å². The van der Waals surface area contributed by atoms with E-state index >= 15 is 0 Å². The lowest BCUT2D eigenvalue weighted by molar-refractivity contribution is 0.730. The Morgan fingerprint density at radius 1 is 1.47 bits per heavy atom. The summed E-state index contributed by atoms with van der Waals surface area (Å²) in [5, 5.41) is 8.43. The molecule has 0 aliphatic rings. The van der Waals surface area contributed by atoms with Crippen LogP contribution in [-0.2, 0) is 13.6 Å². The summed E-state index contributed by atoms with van der Waals surface area (Å²) in [6, 6.07) is 0. The van der Waals surface area contributed by atoms with Gasteiger partial charge in [-0.3, -0.25) is 4.68 Å². The van der Waals surface area contributed by atoms with Gasteiger partial charge in [-0.2, -0.15) is 9.47 Å². The lowest BCUT2D eigenvalue weighted by Gasteiger charge is -2.02. The van der Waals surface area contributed by atoms with Crippen LogP contribution >= 0.6 is 11.5 Å². The molecule has 2 aromatic heterocycles. The molecule has 1 N–H and O–H groups in total. The van der Waals surface area contributed by atoms with Crippen LogP contribution in [0.5, 0.6) is 0 Å². The minimum Gasteiger partial charge on any atom is -0.356 e. The van der Waals surface area contributed by atoms with Crippen molar-refractivity contribution < 1.29 is 0 Å². The molecular formula is C9H13N5S. The third-order valence-corrected chi connectivity index (χ3v) is 3.06. The van der Waals surface area contributed by atoms with Crippen LogP contribution in [0.1, 0.15) is 17.0 Å². The molecule has 0 aromatic carbocycles. The van der Waals surface area contributed by atoms with Crippen molar-refractivity contribution in [3.8, 4) is 0 Å². The number of hydrogen-bond acceptors (Lipinski definition) is 5. The second kappa shape index (κ2) is 3.98. The highest BCUT2D eigenvalue weighted by atomic mass is 32.1. The van der Waals surface area contributed by atoms with E-state index in [0.717, 1.165) is 17.4 Å². The third kappa shape index (κ3) is 1.99. The quantitative estimate of drug-likeness (QED) is 0.856. The fraction of sp³-hybridized carbons (Fsp3) is 0.444. The molecule has 0 atom stereocenters. The van der Waals surface area contributed by atoms with E-state index < -0.39 is 0 Å². The van der Waals surface area contributed by atoms with Gasteiger partial charge in [0, 0.05) is 36.4 Å². The van der Waals surface area contributed by atoms with Crippen molar-refractivity contribution >= 4 is 16.7 Å². The molecule has 2 rings (SSSR count). The molecule has 0 saturated heterocycles. The van der Waals surface area contributed by atoms with Gasteiger partial charge in [-0.15, -0.1) is 0 Å². The second-order valence-corrected chi connectivity index (χ2v) is 4.15. The fourth-order valence-corrected chi connectivity index (χ4v) is 1.91. The van der Waals surface area contributed by atoms with Crippen molar-refractivity contribution in [2.75, 3.05) is 5.32 Å². The highest BCUT2D eigenvalue weighted by molar-refractivity contribution is 7.09. The first-order valence-corrected chi connectivity index (χ1v) is 5.45. The summed E-state index contributed by atoms with van der Waals surface area (Å²) in [4.78, 5) is 4.07. The molecule has 0 bridgehead atoms. The Bertz CT molecular complexity index is 445. The summed E-state index contributed by atoms with van der Waals surface area (Å²) in [5.74, 6) is 0. The zero-order valence-corrected chi connectivity index (χ0v) is 9.80. The van der Waals surface area contributed by atoms with E-state index in [2.05, 4.69) is 26.7 Å². The van der Waals surface area contributed by atoms with E-state index in [1.807, 2.05) is 18.7 Å². The average Bonchev–Trinajstić information content (AvgIpc) is 2.76. The van der Waals surface area contributed by atoms with Crippen molar-refractivity contribution in [3.63, 3.8) is 0 Å². The Morgan fingerprint density at radius 2 is 2.27 bits per heavy atom. The van der Waals surface area contributed by atoms with Gasteiger partial charge in [-0.25, -0.2) is 4.98 Å². The molecule has 0 aliphatic heterocycles. The van der Waals surface area contributed by atoms with Crippen LogP contribution in [0, 0.1) is 13.8 Å². The van der Waals surface area contributed by atoms with Gasteiger partial charge in [0.25, 0.3) is 0 Å². The number of anilines is 1. The SMILES string of the molecule is Cc1nn(C)c(C)c1CNc1ncns1. The molecule has 0 spiro atoms. The fourth-order valence-electron chi connectivity index (χ4n) is 1.49. The summed E-state index contributed by atoms with van der Waals surface area (Å²) in [7, 11) is 1.96. The maximum Gasteiger partial charge on any atom is 0.202 e. The van der Waals surface area contributed by atoms with Gasteiger partial charge < -0.3 is 5.32 Å². The molecular weight excluding hydrogens is 210 g/mol. The van der Waals surface area contributed by atoms with E-state index in [1.165, 1.54) is 22.8 Å². The van der Waals surface area contributed by atoms with Gasteiger partial charge in [0.2, 0.25) is 5.13 Å². The summed E-state index contributed by atoms with van der Waals surface area (Å²) in [5.41, 5.74) is 3.48. The van der Waals surface area contributed by atoms with Crippen LogP contribution in [0.15, 0.2) is 6.33 Å². The number of aromatic nitrogens is 4. The molecule has 15 heavy (non-hydrogen) atoms. The highest BCUT2D eigenvalue weighted by Crippen LogP contribution is 2.15. The minimum atomic E-state index is 0.751. The van der Waals surface area contributed by atoms with Crippen LogP contribution in [-0.4, -0.2) is 19.1 Å². The van der Waals surface area contributed by atoms with E-state index in [9.17, 15) is 0 Å². The van der Waals surface area contributed by atoms with E-state index in [4.69, 9.17) is 0 Å². The Morgan fingerprint density at radius 3 is 2.80 bits per heavy atom. The van der Waals surface area contributed by atoms with Crippen molar-refractivity contribution in [1.82, 2.24) is 19.1 Å². The van der Waals surface area contributed by atoms with Crippen molar-refractivity contribution in [2.24, 2.45) is 7.05 Å². The van der Waals surface area contributed by atoms with Gasteiger partial charge >= 0.3 is 0 Å². The summed E-state index contributed by atoms with van der Waals surface area (Å²) in [6.07, 6.45) is 1.55. The topological polar surface area (TPSA) is 55.6 Å². The molecule has 6 heteroatoms. The highest BCUT2D eigenvalue weighted by Gasteiger charge is 2.09. The first-order chi connectivity index (χ1) is 7.18. The Kier molecular flexibility index (Phi) is 2.68. The molecule has 5 nitrogen and oxygen atoms in total. The van der Waals surface area contributed by atoms with Gasteiger partial charge in [0.15, 0.2) is 0 Å². The summed E-state index contributed by atoms with van der Waals surface area (Å²) < 4.78 is 5.83. The Balaban J connectivity index is 2.11. The number of aryl methyl sites for hydroxylation is 2. The molecule has 0 radical (unpaired) electrons. The van der Waals surface area contributed by atoms with Gasteiger partial charge in [0.1, 0.15) is 6.33 Å². The first-order valence-electron chi connectivity index (χ1n) is 4.68. The molecule has 0 aliphatic carbocycles. The molecule has 0 fully saturated rings. The molecule has 2 aromatic rings. The van der Waals surface area contributed by atoms with Crippen LogP contribution in [0.2, 0.25) is 0 Å². The van der Waals surface area contributed by atoms with Crippen LogP contribution in [0.25, 0.3) is 0 Å². The van der Waals surface area contributed by atoms with Crippen LogP contribution < -0.4 is 5.32 Å². The smallest absolute Gasteiger partial charge is 0.202 e. The lowest BCUT2D eigenvalue weighted by atomic mass is 10.2. The van der Waals surface area contributed by atoms with Gasteiger partial charge in [0.05, 0.1) is 5.69 Å². The largest absolute Gasteiger partial charge is 0.356 e. The Hall–Kier alpha value is -1.43. The lowest BCUT2D eigenvalue weighted by Crippen LogP contribution is -2.01. The van der Waals surface area contributed by atoms with Crippen molar-refractivity contribution in [2.45, 2.75) is 20.4 Å². The van der Waals surface area contributed by atoms with E-state index in [0.29, 0.717) is 0 Å². The molecule has 80 valence electrons. The molecule has 2 heterocycles. The number of nitrogens with zero attached hydrogens (tertiary/aromatic N) is 4. The van der Waals surface area contributed by atoms with Crippen molar-refractivity contribution in [3.05, 3.63) is 23.3 Å². The maximum atomic E-state index is 4.35. The van der Waals surface area contributed by atoms with Gasteiger partial charge in [-0.05, 0) is 13.8 Å². The van der Waals surface area contributed by atoms with Crippen LogP contribution in [0.4, 0.5) is 5.13 Å². The number of hydrogen-bond donors (Lipinski definition) is 1. The number of nitrogens with one attached hydrogen (secondary N) is 1. The van der Waals surface area contributed by atoms with E-state index in [-0.39, 0.29) is 0 Å². The predicted octanol–water partition coefficient (Wildman–Crippen LogP) is 1.50. The first kappa shape index (κ1) is 10.1. The minimum absolute atomic E-state index is 0.751. The molecule has 0 saturated carbocycles. The zero-order chi connectivity index (χ0) is 10.8. The average molecular weight is 223 g/mol. The summed E-state index contributed by atoms with van der Waals surface area (Å²) in [6.45, 7) is 4.84. The zero-order valence-electron chi connectivity index (χ0n) is 8.98. The molecule has 0 amide bonds.